The van der Waals surface area contributed by atoms with E-state index in [2.05, 4.69) is 18.7 Å². The molecule has 1 heterocycles. The first-order chi connectivity index (χ1) is 9.42. The molecule has 0 aromatic carbocycles. The number of rotatable bonds is 4. The van der Waals surface area contributed by atoms with Crippen LogP contribution in [-0.2, 0) is 9.47 Å². The van der Waals surface area contributed by atoms with Crippen molar-refractivity contribution in [3.8, 4) is 0 Å². The molecular formula is C17H24O2. The predicted molar refractivity (Wildman–Crippen MR) is 77.0 cm³/mol. The Kier molecular flexibility index (Phi) is 4.19. The SMILES string of the molecule is C=CCCO[C@@H]1C2=C(CCCC2)[C@@H]2OCCC=C[C@@H]12. The second-order valence-electron chi connectivity index (χ2n) is 5.71. The number of hydrogen-bond donors (Lipinski definition) is 0. The van der Waals surface area contributed by atoms with Crippen LogP contribution in [0.4, 0.5) is 0 Å². The average Bonchev–Trinajstić information content (AvgIpc) is 2.61. The summed E-state index contributed by atoms with van der Waals surface area (Å²) in [6, 6.07) is 0. The number of hydrogen-bond acceptors (Lipinski definition) is 2. The van der Waals surface area contributed by atoms with Crippen LogP contribution in [0, 0.1) is 5.92 Å². The summed E-state index contributed by atoms with van der Waals surface area (Å²) in [6.07, 6.45) is 14.1. The highest BCUT2D eigenvalue weighted by Gasteiger charge is 2.43. The van der Waals surface area contributed by atoms with Crippen LogP contribution in [0.15, 0.2) is 36.0 Å². The van der Waals surface area contributed by atoms with Gasteiger partial charge in [-0.2, -0.15) is 0 Å². The smallest absolute Gasteiger partial charge is 0.0879 e. The van der Waals surface area contributed by atoms with Gasteiger partial charge in [0.25, 0.3) is 0 Å². The summed E-state index contributed by atoms with van der Waals surface area (Å²) in [4.78, 5) is 0. The maximum absolute atomic E-state index is 6.18. The zero-order valence-corrected chi connectivity index (χ0v) is 11.6. The van der Waals surface area contributed by atoms with E-state index in [9.17, 15) is 0 Å². The molecule has 104 valence electrons. The molecule has 0 aromatic heterocycles. The van der Waals surface area contributed by atoms with Crippen LogP contribution < -0.4 is 0 Å². The summed E-state index contributed by atoms with van der Waals surface area (Å²) in [5, 5.41) is 0. The van der Waals surface area contributed by atoms with Gasteiger partial charge in [-0.15, -0.1) is 6.58 Å². The van der Waals surface area contributed by atoms with E-state index in [0.717, 1.165) is 26.1 Å². The van der Waals surface area contributed by atoms with Crippen molar-refractivity contribution >= 4 is 0 Å². The Bertz CT molecular complexity index is 394. The van der Waals surface area contributed by atoms with Crippen molar-refractivity contribution in [2.24, 2.45) is 5.92 Å². The molecule has 19 heavy (non-hydrogen) atoms. The highest BCUT2D eigenvalue weighted by molar-refractivity contribution is 5.35. The fourth-order valence-corrected chi connectivity index (χ4v) is 3.65. The number of ether oxygens (including phenoxy) is 2. The molecular weight excluding hydrogens is 236 g/mol. The van der Waals surface area contributed by atoms with Crippen molar-refractivity contribution in [3.63, 3.8) is 0 Å². The minimum Gasteiger partial charge on any atom is -0.373 e. The maximum atomic E-state index is 6.18. The predicted octanol–water partition coefficient (Wildman–Crippen LogP) is 3.79. The van der Waals surface area contributed by atoms with E-state index in [4.69, 9.17) is 9.47 Å². The second kappa shape index (κ2) is 6.06. The second-order valence-corrected chi connectivity index (χ2v) is 5.71. The summed E-state index contributed by atoms with van der Waals surface area (Å²) in [7, 11) is 0. The molecule has 0 radical (unpaired) electrons. The van der Waals surface area contributed by atoms with Gasteiger partial charge in [0.05, 0.1) is 25.4 Å². The lowest BCUT2D eigenvalue weighted by Gasteiger charge is -2.23. The highest BCUT2D eigenvalue weighted by atomic mass is 16.5. The van der Waals surface area contributed by atoms with E-state index in [0.29, 0.717) is 12.0 Å². The average molecular weight is 260 g/mol. The van der Waals surface area contributed by atoms with Gasteiger partial charge in [0.15, 0.2) is 0 Å². The molecule has 0 spiro atoms. The topological polar surface area (TPSA) is 18.5 Å². The Hall–Kier alpha value is -0.860. The minimum atomic E-state index is 0.259. The lowest BCUT2D eigenvalue weighted by atomic mass is 9.92. The summed E-state index contributed by atoms with van der Waals surface area (Å²) >= 11 is 0. The van der Waals surface area contributed by atoms with Gasteiger partial charge < -0.3 is 9.47 Å². The molecule has 3 atom stereocenters. The molecule has 2 aliphatic carbocycles. The van der Waals surface area contributed by atoms with Gasteiger partial charge in [-0.1, -0.05) is 18.2 Å². The van der Waals surface area contributed by atoms with Crippen molar-refractivity contribution in [3.05, 3.63) is 36.0 Å². The maximum Gasteiger partial charge on any atom is 0.0879 e. The van der Waals surface area contributed by atoms with Gasteiger partial charge in [-0.25, -0.2) is 0 Å². The van der Waals surface area contributed by atoms with Crippen LogP contribution >= 0.6 is 0 Å². The molecule has 1 aliphatic heterocycles. The summed E-state index contributed by atoms with van der Waals surface area (Å²) in [5.74, 6) is 0.412. The highest BCUT2D eigenvalue weighted by Crippen LogP contribution is 2.45. The van der Waals surface area contributed by atoms with Crippen LogP contribution in [-0.4, -0.2) is 25.4 Å². The zero-order valence-electron chi connectivity index (χ0n) is 11.6. The van der Waals surface area contributed by atoms with Gasteiger partial charge in [-0.05, 0) is 49.7 Å². The van der Waals surface area contributed by atoms with Crippen molar-refractivity contribution in [1.29, 1.82) is 0 Å². The van der Waals surface area contributed by atoms with Crippen LogP contribution in [0.2, 0.25) is 0 Å². The lowest BCUT2D eigenvalue weighted by Crippen LogP contribution is -2.28. The van der Waals surface area contributed by atoms with E-state index in [1.165, 1.54) is 25.7 Å². The molecule has 3 aliphatic rings. The van der Waals surface area contributed by atoms with Gasteiger partial charge in [0, 0.05) is 5.92 Å². The molecule has 0 bridgehead atoms. The molecule has 0 unspecified atom stereocenters. The Morgan fingerprint density at radius 3 is 3.00 bits per heavy atom. The fraction of sp³-hybridized carbons (Fsp3) is 0.647. The molecule has 0 aromatic rings. The number of fused-ring (bicyclic) bond motifs is 2. The van der Waals surface area contributed by atoms with Crippen molar-refractivity contribution in [1.82, 2.24) is 0 Å². The first-order valence-corrected chi connectivity index (χ1v) is 7.64. The molecule has 0 saturated heterocycles. The van der Waals surface area contributed by atoms with Gasteiger partial charge in [0.1, 0.15) is 0 Å². The first-order valence-electron chi connectivity index (χ1n) is 7.64. The third-order valence-electron chi connectivity index (χ3n) is 4.50. The van der Waals surface area contributed by atoms with Crippen LogP contribution in [0.3, 0.4) is 0 Å². The third-order valence-corrected chi connectivity index (χ3v) is 4.50. The zero-order chi connectivity index (χ0) is 13.1. The van der Waals surface area contributed by atoms with Crippen LogP contribution in [0.5, 0.6) is 0 Å². The molecule has 3 rings (SSSR count). The van der Waals surface area contributed by atoms with E-state index in [1.807, 2.05) is 6.08 Å². The lowest BCUT2D eigenvalue weighted by molar-refractivity contribution is 0.00266. The van der Waals surface area contributed by atoms with Gasteiger partial charge >= 0.3 is 0 Å². The Morgan fingerprint density at radius 2 is 2.16 bits per heavy atom. The standard InChI is InChI=1S/C17H24O2/c1-2-3-11-18-16-13-8-4-5-9-14(13)17-15(16)10-6-7-12-19-17/h2,6,10,15-17H,1,3-5,7-9,11-12H2/t15-,16+,17-/m0/s1. The van der Waals surface area contributed by atoms with E-state index < -0.39 is 0 Å². The third kappa shape index (κ3) is 2.56. The summed E-state index contributed by atoms with van der Waals surface area (Å²) in [6.45, 7) is 5.41. The largest absolute Gasteiger partial charge is 0.373 e. The Labute approximate surface area is 116 Å². The van der Waals surface area contributed by atoms with Crippen LogP contribution in [0.25, 0.3) is 0 Å². The van der Waals surface area contributed by atoms with Crippen molar-refractivity contribution in [2.75, 3.05) is 13.2 Å². The summed E-state index contributed by atoms with van der Waals surface area (Å²) in [5.41, 5.74) is 3.11. The fourth-order valence-electron chi connectivity index (χ4n) is 3.65. The summed E-state index contributed by atoms with van der Waals surface area (Å²) < 4.78 is 12.3. The van der Waals surface area contributed by atoms with Crippen LogP contribution in [0.1, 0.15) is 38.5 Å². The minimum absolute atomic E-state index is 0.259. The molecule has 0 amide bonds. The Balaban J connectivity index is 1.81. The van der Waals surface area contributed by atoms with Gasteiger partial charge in [0.2, 0.25) is 0 Å². The normalized spacial score (nSPS) is 33.8. The molecule has 2 heteroatoms. The quantitative estimate of drug-likeness (QED) is 0.565. The molecule has 0 saturated carbocycles. The monoisotopic (exact) mass is 260 g/mol. The van der Waals surface area contributed by atoms with E-state index in [1.54, 1.807) is 11.1 Å². The molecule has 2 nitrogen and oxygen atoms in total. The Morgan fingerprint density at radius 1 is 1.32 bits per heavy atom. The first kappa shape index (κ1) is 13.1. The molecule has 0 fully saturated rings. The van der Waals surface area contributed by atoms with Gasteiger partial charge in [-0.3, -0.25) is 0 Å². The van der Waals surface area contributed by atoms with Crippen molar-refractivity contribution in [2.45, 2.75) is 50.7 Å². The van der Waals surface area contributed by atoms with Crippen molar-refractivity contribution < 1.29 is 9.47 Å². The van der Waals surface area contributed by atoms with E-state index in [-0.39, 0.29) is 6.10 Å². The molecule has 0 N–H and O–H groups in total. The van der Waals surface area contributed by atoms with E-state index >= 15 is 0 Å².